The van der Waals surface area contributed by atoms with Crippen molar-refractivity contribution in [2.24, 2.45) is 11.8 Å². The molecule has 128 valence electrons. The zero-order valence-corrected chi connectivity index (χ0v) is 15.8. The Bertz CT molecular complexity index is 776. The Labute approximate surface area is 152 Å². The molecule has 0 saturated heterocycles. The summed E-state index contributed by atoms with van der Waals surface area (Å²) in [4.78, 5) is 0. The van der Waals surface area contributed by atoms with Crippen molar-refractivity contribution in [2.45, 2.75) is 46.0 Å². The highest BCUT2D eigenvalue weighted by molar-refractivity contribution is 5.78. The van der Waals surface area contributed by atoms with Crippen LogP contribution in [0.15, 0.2) is 60.7 Å². The molecule has 0 saturated carbocycles. The topological polar surface area (TPSA) is 0 Å². The fraction of sp³-hybridized carbons (Fsp3) is 0.360. The lowest BCUT2D eigenvalue weighted by molar-refractivity contribution is 0.684. The van der Waals surface area contributed by atoms with Gasteiger partial charge >= 0.3 is 0 Å². The zero-order valence-electron chi connectivity index (χ0n) is 15.8. The van der Waals surface area contributed by atoms with Crippen LogP contribution < -0.4 is 0 Å². The maximum Gasteiger partial charge on any atom is 0.00389 e. The minimum absolute atomic E-state index is 0.536. The first kappa shape index (κ1) is 16.4. The normalized spacial score (nSPS) is 21.4. The quantitative estimate of drug-likeness (QED) is 0.564. The number of fused-ring (bicyclic) bond motifs is 2. The first-order chi connectivity index (χ1) is 12.1. The van der Waals surface area contributed by atoms with E-state index in [2.05, 4.69) is 88.4 Å². The predicted octanol–water partition coefficient (Wildman–Crippen LogP) is 7.05. The molecule has 0 nitrogen and oxygen atoms in total. The van der Waals surface area contributed by atoms with Crippen LogP contribution in [0.2, 0.25) is 0 Å². The summed E-state index contributed by atoms with van der Waals surface area (Å²) in [5, 5.41) is 0. The van der Waals surface area contributed by atoms with Crippen LogP contribution in [0.4, 0.5) is 0 Å². The summed E-state index contributed by atoms with van der Waals surface area (Å²) in [7, 11) is 0. The highest BCUT2D eigenvalue weighted by atomic mass is 14.3. The minimum atomic E-state index is 0.536. The van der Waals surface area contributed by atoms with Gasteiger partial charge in [-0.3, -0.25) is 0 Å². The molecular weight excluding hydrogens is 300 g/mol. The smallest absolute Gasteiger partial charge is 0.00389 e. The van der Waals surface area contributed by atoms with Gasteiger partial charge in [0, 0.05) is 11.8 Å². The van der Waals surface area contributed by atoms with Gasteiger partial charge in [-0.1, -0.05) is 88.4 Å². The molecule has 2 aliphatic carbocycles. The second-order valence-corrected chi connectivity index (χ2v) is 8.18. The molecule has 0 heteroatoms. The average Bonchev–Trinajstić information content (AvgIpc) is 3.15. The molecule has 0 aliphatic heterocycles. The number of allylic oxidation sites excluding steroid dienone is 4. The van der Waals surface area contributed by atoms with Crippen LogP contribution in [0, 0.1) is 11.8 Å². The zero-order chi connectivity index (χ0) is 17.6. The summed E-state index contributed by atoms with van der Waals surface area (Å²) >= 11 is 0. The molecule has 2 aromatic rings. The van der Waals surface area contributed by atoms with E-state index in [0.717, 1.165) is 0 Å². The molecule has 0 aromatic heterocycles. The third-order valence-electron chi connectivity index (χ3n) is 5.86. The molecule has 2 atom stereocenters. The Balaban J connectivity index is 1.70. The Morgan fingerprint density at radius 2 is 1.04 bits per heavy atom. The van der Waals surface area contributed by atoms with E-state index in [4.69, 9.17) is 0 Å². The van der Waals surface area contributed by atoms with E-state index in [9.17, 15) is 0 Å². The summed E-state index contributed by atoms with van der Waals surface area (Å²) in [6.45, 7) is 9.25. The summed E-state index contributed by atoms with van der Waals surface area (Å²) in [6, 6.07) is 18.0. The minimum Gasteiger partial charge on any atom is -0.0729 e. The molecular formula is C25H28. The summed E-state index contributed by atoms with van der Waals surface area (Å²) in [6.07, 6.45) is 6.26. The second kappa shape index (κ2) is 6.33. The van der Waals surface area contributed by atoms with Gasteiger partial charge in [-0.05, 0) is 51.7 Å². The molecule has 0 radical (unpaired) electrons. The Kier molecular flexibility index (Phi) is 4.15. The molecule has 0 heterocycles. The molecule has 0 N–H and O–H groups in total. The van der Waals surface area contributed by atoms with Crippen LogP contribution >= 0.6 is 0 Å². The molecule has 2 aliphatic rings. The lowest BCUT2D eigenvalue weighted by Gasteiger charge is -2.16. The molecule has 2 aromatic carbocycles. The SMILES string of the molecule is CC(C)C1=C[C@H](C[C@H]2C=C(C(C)C)c3ccccc32)c2ccccc21. The summed E-state index contributed by atoms with van der Waals surface area (Å²) in [5.41, 5.74) is 9.05. The van der Waals surface area contributed by atoms with Crippen LogP contribution in [0.25, 0.3) is 11.1 Å². The maximum absolute atomic E-state index is 2.54. The van der Waals surface area contributed by atoms with E-state index >= 15 is 0 Å². The Morgan fingerprint density at radius 3 is 1.44 bits per heavy atom. The highest BCUT2D eigenvalue weighted by Crippen LogP contribution is 2.48. The van der Waals surface area contributed by atoms with Crippen molar-refractivity contribution in [2.75, 3.05) is 0 Å². The van der Waals surface area contributed by atoms with Gasteiger partial charge in [-0.25, -0.2) is 0 Å². The van der Waals surface area contributed by atoms with Crippen LogP contribution in [-0.4, -0.2) is 0 Å². The van der Waals surface area contributed by atoms with Gasteiger partial charge in [0.2, 0.25) is 0 Å². The number of hydrogen-bond donors (Lipinski definition) is 0. The van der Waals surface area contributed by atoms with Crippen molar-refractivity contribution in [3.63, 3.8) is 0 Å². The van der Waals surface area contributed by atoms with Gasteiger partial charge in [0.05, 0.1) is 0 Å². The molecule has 0 bridgehead atoms. The molecule has 0 amide bonds. The maximum atomic E-state index is 2.54. The average molecular weight is 328 g/mol. The van der Waals surface area contributed by atoms with Gasteiger partial charge in [0.1, 0.15) is 0 Å². The molecule has 0 unspecified atom stereocenters. The van der Waals surface area contributed by atoms with Gasteiger partial charge in [-0.2, -0.15) is 0 Å². The summed E-state index contributed by atoms with van der Waals surface area (Å²) < 4.78 is 0. The Hall–Kier alpha value is -2.08. The van der Waals surface area contributed by atoms with Crippen molar-refractivity contribution in [3.8, 4) is 0 Å². The van der Waals surface area contributed by atoms with E-state index < -0.39 is 0 Å². The summed E-state index contributed by atoms with van der Waals surface area (Å²) in [5.74, 6) is 2.25. The third-order valence-corrected chi connectivity index (χ3v) is 5.86. The first-order valence-corrected chi connectivity index (χ1v) is 9.68. The fourth-order valence-electron chi connectivity index (χ4n) is 4.63. The number of rotatable bonds is 4. The standard InChI is InChI=1S/C25H28/c1-16(2)24-14-18(20-9-5-7-11-22(20)24)13-19-15-25(17(3)4)23-12-8-6-10-21(19)23/h5-12,14-19H,13H2,1-4H3/t18-,19-/m0/s1. The van der Waals surface area contributed by atoms with Crippen molar-refractivity contribution in [3.05, 3.63) is 82.9 Å². The lowest BCUT2D eigenvalue weighted by Crippen LogP contribution is -2.00. The van der Waals surface area contributed by atoms with Crippen molar-refractivity contribution in [1.29, 1.82) is 0 Å². The van der Waals surface area contributed by atoms with E-state index in [1.807, 2.05) is 0 Å². The molecule has 0 fully saturated rings. The van der Waals surface area contributed by atoms with Crippen LogP contribution in [-0.2, 0) is 0 Å². The van der Waals surface area contributed by atoms with E-state index in [-0.39, 0.29) is 0 Å². The van der Waals surface area contributed by atoms with Gasteiger partial charge in [-0.15, -0.1) is 0 Å². The van der Waals surface area contributed by atoms with Crippen molar-refractivity contribution < 1.29 is 0 Å². The number of hydrogen-bond acceptors (Lipinski definition) is 0. The van der Waals surface area contributed by atoms with Crippen LogP contribution in [0.5, 0.6) is 0 Å². The molecule has 25 heavy (non-hydrogen) atoms. The fourth-order valence-corrected chi connectivity index (χ4v) is 4.63. The highest BCUT2D eigenvalue weighted by Gasteiger charge is 2.30. The van der Waals surface area contributed by atoms with Gasteiger partial charge in [0.15, 0.2) is 0 Å². The van der Waals surface area contributed by atoms with E-state index in [1.165, 1.54) is 39.8 Å². The molecule has 0 spiro atoms. The van der Waals surface area contributed by atoms with Crippen molar-refractivity contribution in [1.82, 2.24) is 0 Å². The second-order valence-electron chi connectivity index (χ2n) is 8.18. The third kappa shape index (κ3) is 2.78. The van der Waals surface area contributed by atoms with Crippen LogP contribution in [0.3, 0.4) is 0 Å². The number of benzene rings is 2. The Morgan fingerprint density at radius 1 is 0.640 bits per heavy atom. The predicted molar refractivity (Wildman–Crippen MR) is 109 cm³/mol. The molecule has 4 rings (SSSR count). The first-order valence-electron chi connectivity index (χ1n) is 9.68. The van der Waals surface area contributed by atoms with Gasteiger partial charge < -0.3 is 0 Å². The van der Waals surface area contributed by atoms with E-state index in [1.54, 1.807) is 0 Å². The van der Waals surface area contributed by atoms with Gasteiger partial charge in [0.25, 0.3) is 0 Å². The van der Waals surface area contributed by atoms with Crippen molar-refractivity contribution >= 4 is 11.1 Å². The lowest BCUT2D eigenvalue weighted by atomic mass is 9.87. The largest absolute Gasteiger partial charge is 0.0729 e. The van der Waals surface area contributed by atoms with Crippen LogP contribution in [0.1, 0.15) is 68.2 Å². The monoisotopic (exact) mass is 328 g/mol. The van der Waals surface area contributed by atoms with E-state index in [0.29, 0.717) is 23.7 Å².